The van der Waals surface area contributed by atoms with Crippen molar-refractivity contribution < 1.29 is 4.79 Å². The van der Waals surface area contributed by atoms with Crippen molar-refractivity contribution in [3.63, 3.8) is 0 Å². The number of pyridine rings is 1. The minimum atomic E-state index is 0.239. The number of hydrogen-bond donors (Lipinski definition) is 0. The van der Waals surface area contributed by atoms with Crippen LogP contribution in [0.2, 0.25) is 0 Å². The maximum Gasteiger partial charge on any atom is 0.223 e. The third-order valence-electron chi connectivity index (χ3n) is 4.78. The number of para-hydroxylation sites is 1. The first-order valence-electron chi connectivity index (χ1n) is 8.64. The lowest BCUT2D eigenvalue weighted by atomic mass is 10.1. The molecule has 1 aliphatic rings. The number of nitrogens with zero attached hydrogens (tertiary/aromatic N) is 3. The highest BCUT2D eigenvalue weighted by molar-refractivity contribution is 5.77. The van der Waals surface area contributed by atoms with Crippen molar-refractivity contribution in [1.29, 1.82) is 0 Å². The Bertz CT molecular complexity index is 686. The number of rotatable bonds is 4. The van der Waals surface area contributed by atoms with Crippen LogP contribution >= 0.6 is 0 Å². The van der Waals surface area contributed by atoms with Crippen LogP contribution in [0.5, 0.6) is 0 Å². The zero-order valence-electron chi connectivity index (χ0n) is 14.5. The summed E-state index contributed by atoms with van der Waals surface area (Å²) in [4.78, 5) is 21.0. The van der Waals surface area contributed by atoms with Crippen LogP contribution in [-0.4, -0.2) is 41.5 Å². The van der Waals surface area contributed by atoms with Gasteiger partial charge in [-0.05, 0) is 49.6 Å². The van der Waals surface area contributed by atoms with E-state index < -0.39 is 0 Å². The van der Waals surface area contributed by atoms with Crippen LogP contribution in [0, 0.1) is 6.92 Å². The molecular formula is C20H25N3O. The molecule has 0 radical (unpaired) electrons. The molecule has 2 heterocycles. The number of piperazine rings is 1. The summed E-state index contributed by atoms with van der Waals surface area (Å²) in [5.41, 5.74) is 3.75. The van der Waals surface area contributed by atoms with Gasteiger partial charge in [0.1, 0.15) is 0 Å². The summed E-state index contributed by atoms with van der Waals surface area (Å²) in [7, 11) is 0. The van der Waals surface area contributed by atoms with E-state index in [0.29, 0.717) is 6.42 Å². The SMILES string of the molecule is Cc1ccccc1N1CCN(C(=O)CCc2ccncc2)C(C)C1. The van der Waals surface area contributed by atoms with Crippen molar-refractivity contribution in [2.45, 2.75) is 32.7 Å². The zero-order chi connectivity index (χ0) is 16.9. The highest BCUT2D eigenvalue weighted by atomic mass is 16.2. The average molecular weight is 323 g/mol. The fourth-order valence-corrected chi connectivity index (χ4v) is 3.41. The summed E-state index contributed by atoms with van der Waals surface area (Å²) < 4.78 is 0. The Morgan fingerprint density at radius 2 is 1.92 bits per heavy atom. The van der Waals surface area contributed by atoms with Gasteiger partial charge in [-0.1, -0.05) is 18.2 Å². The smallest absolute Gasteiger partial charge is 0.223 e. The second-order valence-corrected chi connectivity index (χ2v) is 6.52. The fraction of sp³-hybridized carbons (Fsp3) is 0.400. The Labute approximate surface area is 144 Å². The molecule has 1 amide bonds. The Morgan fingerprint density at radius 3 is 2.62 bits per heavy atom. The predicted octanol–water partition coefficient (Wildman–Crippen LogP) is 3.06. The predicted molar refractivity (Wildman–Crippen MR) is 97.1 cm³/mol. The Hall–Kier alpha value is -2.36. The number of aryl methyl sites for hydroxylation is 2. The average Bonchev–Trinajstić information content (AvgIpc) is 2.61. The van der Waals surface area contributed by atoms with Gasteiger partial charge in [-0.2, -0.15) is 0 Å². The van der Waals surface area contributed by atoms with E-state index in [1.807, 2.05) is 17.0 Å². The lowest BCUT2D eigenvalue weighted by Gasteiger charge is -2.41. The molecule has 1 aromatic heterocycles. The van der Waals surface area contributed by atoms with Gasteiger partial charge in [0.2, 0.25) is 5.91 Å². The number of amides is 1. The number of carbonyl (C=O) groups excluding carboxylic acids is 1. The minimum absolute atomic E-state index is 0.239. The molecule has 1 saturated heterocycles. The summed E-state index contributed by atoms with van der Waals surface area (Å²) in [5.74, 6) is 0.253. The monoisotopic (exact) mass is 323 g/mol. The topological polar surface area (TPSA) is 36.4 Å². The van der Waals surface area contributed by atoms with Crippen molar-refractivity contribution in [3.05, 3.63) is 59.9 Å². The first-order valence-corrected chi connectivity index (χ1v) is 8.64. The molecule has 1 atom stereocenters. The largest absolute Gasteiger partial charge is 0.367 e. The molecule has 1 fully saturated rings. The highest BCUT2D eigenvalue weighted by Crippen LogP contribution is 2.23. The van der Waals surface area contributed by atoms with Crippen LogP contribution in [0.1, 0.15) is 24.5 Å². The van der Waals surface area contributed by atoms with E-state index in [1.165, 1.54) is 16.8 Å². The van der Waals surface area contributed by atoms with Gasteiger partial charge in [-0.15, -0.1) is 0 Å². The maximum absolute atomic E-state index is 12.6. The molecule has 24 heavy (non-hydrogen) atoms. The van der Waals surface area contributed by atoms with E-state index in [4.69, 9.17) is 0 Å². The van der Waals surface area contributed by atoms with Gasteiger partial charge in [0.05, 0.1) is 0 Å². The van der Waals surface area contributed by atoms with Crippen LogP contribution in [-0.2, 0) is 11.2 Å². The van der Waals surface area contributed by atoms with Gasteiger partial charge < -0.3 is 9.80 Å². The van der Waals surface area contributed by atoms with Crippen LogP contribution in [0.3, 0.4) is 0 Å². The van der Waals surface area contributed by atoms with Gasteiger partial charge in [0.25, 0.3) is 0 Å². The maximum atomic E-state index is 12.6. The lowest BCUT2D eigenvalue weighted by molar-refractivity contribution is -0.133. The van der Waals surface area contributed by atoms with Crippen molar-refractivity contribution in [2.24, 2.45) is 0 Å². The normalized spacial score (nSPS) is 17.8. The molecule has 1 aliphatic heterocycles. The molecule has 4 heteroatoms. The minimum Gasteiger partial charge on any atom is -0.367 e. The second-order valence-electron chi connectivity index (χ2n) is 6.52. The molecular weight excluding hydrogens is 298 g/mol. The van der Waals surface area contributed by atoms with Gasteiger partial charge in [-0.3, -0.25) is 9.78 Å². The molecule has 1 unspecified atom stereocenters. The van der Waals surface area contributed by atoms with E-state index >= 15 is 0 Å². The molecule has 0 saturated carbocycles. The van der Waals surface area contributed by atoms with Crippen molar-refractivity contribution in [3.8, 4) is 0 Å². The molecule has 0 N–H and O–H groups in total. The summed E-state index contributed by atoms with van der Waals surface area (Å²) >= 11 is 0. The van der Waals surface area contributed by atoms with E-state index in [2.05, 4.69) is 48.0 Å². The number of hydrogen-bond acceptors (Lipinski definition) is 3. The first kappa shape index (κ1) is 16.5. The summed E-state index contributed by atoms with van der Waals surface area (Å²) in [6.07, 6.45) is 4.91. The molecule has 3 rings (SSSR count). The van der Waals surface area contributed by atoms with Crippen molar-refractivity contribution >= 4 is 11.6 Å². The van der Waals surface area contributed by atoms with Crippen molar-refractivity contribution in [1.82, 2.24) is 9.88 Å². The summed E-state index contributed by atoms with van der Waals surface area (Å²) in [6.45, 7) is 6.88. The number of benzene rings is 1. The number of anilines is 1. The quantitative estimate of drug-likeness (QED) is 0.868. The molecule has 4 nitrogen and oxygen atoms in total. The van der Waals surface area contributed by atoms with Gasteiger partial charge >= 0.3 is 0 Å². The van der Waals surface area contributed by atoms with E-state index in [0.717, 1.165) is 26.1 Å². The van der Waals surface area contributed by atoms with Gasteiger partial charge in [-0.25, -0.2) is 0 Å². The van der Waals surface area contributed by atoms with Crippen LogP contribution in [0.15, 0.2) is 48.8 Å². The third kappa shape index (κ3) is 3.75. The third-order valence-corrected chi connectivity index (χ3v) is 4.78. The molecule has 0 spiro atoms. The van der Waals surface area contributed by atoms with E-state index in [9.17, 15) is 4.79 Å². The highest BCUT2D eigenvalue weighted by Gasteiger charge is 2.27. The Balaban J connectivity index is 1.57. The zero-order valence-corrected chi connectivity index (χ0v) is 14.5. The summed E-state index contributed by atoms with van der Waals surface area (Å²) in [6, 6.07) is 12.7. The van der Waals surface area contributed by atoms with E-state index in [-0.39, 0.29) is 11.9 Å². The van der Waals surface area contributed by atoms with Crippen molar-refractivity contribution in [2.75, 3.05) is 24.5 Å². The Morgan fingerprint density at radius 1 is 1.17 bits per heavy atom. The standard InChI is InChI=1S/C20H25N3O/c1-16-5-3-4-6-19(16)22-13-14-23(17(2)15-22)20(24)8-7-18-9-11-21-12-10-18/h3-6,9-12,17H,7-8,13-15H2,1-2H3. The van der Waals surface area contributed by atoms with Crippen LogP contribution in [0.25, 0.3) is 0 Å². The first-order chi connectivity index (χ1) is 11.6. The second kappa shape index (κ2) is 7.47. The lowest BCUT2D eigenvalue weighted by Crippen LogP contribution is -2.54. The molecule has 0 aliphatic carbocycles. The summed E-state index contributed by atoms with van der Waals surface area (Å²) in [5, 5.41) is 0. The molecule has 0 bridgehead atoms. The van der Waals surface area contributed by atoms with Gasteiger partial charge in [0, 0.05) is 50.2 Å². The number of carbonyl (C=O) groups is 1. The number of aromatic nitrogens is 1. The van der Waals surface area contributed by atoms with E-state index in [1.54, 1.807) is 12.4 Å². The Kier molecular flexibility index (Phi) is 5.14. The van der Waals surface area contributed by atoms with Crippen LogP contribution in [0.4, 0.5) is 5.69 Å². The van der Waals surface area contributed by atoms with Gasteiger partial charge in [0.15, 0.2) is 0 Å². The molecule has 126 valence electrons. The molecule has 2 aromatic rings. The molecule has 1 aromatic carbocycles. The fourth-order valence-electron chi connectivity index (χ4n) is 3.41. The van der Waals surface area contributed by atoms with Crippen LogP contribution < -0.4 is 4.90 Å².